The van der Waals surface area contributed by atoms with E-state index in [9.17, 15) is 4.79 Å². The molecule has 33 heavy (non-hydrogen) atoms. The topological polar surface area (TPSA) is 85.6 Å². The Morgan fingerprint density at radius 3 is 2.91 bits per heavy atom. The quantitative estimate of drug-likeness (QED) is 0.573. The lowest BCUT2D eigenvalue weighted by Gasteiger charge is -2.34. The molecule has 0 radical (unpaired) electrons. The summed E-state index contributed by atoms with van der Waals surface area (Å²) in [7, 11) is 1.71. The van der Waals surface area contributed by atoms with E-state index in [4.69, 9.17) is 14.5 Å². The molecule has 9 heteroatoms. The average molecular weight is 449 g/mol. The van der Waals surface area contributed by atoms with Crippen molar-refractivity contribution in [1.29, 1.82) is 0 Å². The molecule has 1 amide bonds. The summed E-state index contributed by atoms with van der Waals surface area (Å²) in [5, 5.41) is 8.28. The number of benzene rings is 1. The predicted octanol–water partition coefficient (Wildman–Crippen LogP) is 2.97. The van der Waals surface area contributed by atoms with Gasteiger partial charge in [0.2, 0.25) is 0 Å². The fourth-order valence-corrected chi connectivity index (χ4v) is 4.40. The zero-order chi connectivity index (χ0) is 22.9. The number of hydrogen-bond acceptors (Lipinski definition) is 7. The smallest absolute Gasteiger partial charge is 0.259 e. The van der Waals surface area contributed by atoms with E-state index in [1.165, 1.54) is 0 Å². The number of amides is 1. The van der Waals surface area contributed by atoms with Crippen LogP contribution in [0.25, 0.3) is 11.5 Å². The van der Waals surface area contributed by atoms with Crippen LogP contribution in [-0.4, -0.2) is 65.6 Å². The Morgan fingerprint density at radius 1 is 1.21 bits per heavy atom. The Kier molecular flexibility index (Phi) is 5.72. The summed E-state index contributed by atoms with van der Waals surface area (Å²) in [6.45, 7) is 7.55. The summed E-state index contributed by atoms with van der Waals surface area (Å²) in [4.78, 5) is 22.3. The summed E-state index contributed by atoms with van der Waals surface area (Å²) >= 11 is 0. The third-order valence-corrected chi connectivity index (χ3v) is 6.16. The van der Waals surface area contributed by atoms with Crippen LogP contribution in [0.2, 0.25) is 0 Å². The number of hydrogen-bond donors (Lipinski definition) is 0. The van der Waals surface area contributed by atoms with E-state index in [2.05, 4.69) is 35.0 Å². The molecule has 4 heterocycles. The highest BCUT2D eigenvalue weighted by Gasteiger charge is 2.30. The number of anilines is 2. The molecule has 1 aromatic carbocycles. The van der Waals surface area contributed by atoms with Crippen LogP contribution < -0.4 is 14.5 Å². The van der Waals surface area contributed by atoms with Crippen LogP contribution in [0.15, 0.2) is 36.7 Å². The Hall–Kier alpha value is -3.46. The van der Waals surface area contributed by atoms with Crippen LogP contribution in [0, 0.1) is 0 Å². The van der Waals surface area contributed by atoms with Gasteiger partial charge >= 0.3 is 0 Å². The molecule has 0 aliphatic carbocycles. The number of ether oxygens (including phenoxy) is 2. The highest BCUT2D eigenvalue weighted by molar-refractivity contribution is 6.08. The molecule has 2 aliphatic heterocycles. The summed E-state index contributed by atoms with van der Waals surface area (Å²) < 4.78 is 13.1. The summed E-state index contributed by atoms with van der Waals surface area (Å²) in [6, 6.07) is 9.86. The Bertz CT molecular complexity index is 1170. The van der Waals surface area contributed by atoms with E-state index in [0.717, 1.165) is 36.5 Å². The lowest BCUT2D eigenvalue weighted by molar-refractivity contribution is 0.0979. The van der Waals surface area contributed by atoms with Crippen molar-refractivity contribution < 1.29 is 14.3 Å². The molecular formula is C24H28N6O3. The predicted molar refractivity (Wildman–Crippen MR) is 125 cm³/mol. The number of methoxy groups -OCH3 is 1. The minimum absolute atomic E-state index is 0.0633. The van der Waals surface area contributed by atoms with Crippen LogP contribution in [0.5, 0.6) is 5.75 Å². The maximum Gasteiger partial charge on any atom is 0.259 e. The van der Waals surface area contributed by atoms with Gasteiger partial charge in [-0.2, -0.15) is 0 Å². The average Bonchev–Trinajstić information content (AvgIpc) is 3.33. The second kappa shape index (κ2) is 8.82. The van der Waals surface area contributed by atoms with Gasteiger partial charge in [-0.15, -0.1) is 10.2 Å². The van der Waals surface area contributed by atoms with Gasteiger partial charge in [-0.1, -0.05) is 6.07 Å². The SMILES string of the molecule is COCCN1CCOc2cc3c(cc21)CCN(c1cccc(-c2nncn2C(C)C)n1)C3=O. The fraction of sp³-hybridized carbons (Fsp3) is 0.417. The number of nitrogens with zero attached hydrogens (tertiary/aromatic N) is 6. The lowest BCUT2D eigenvalue weighted by atomic mass is 9.96. The molecule has 2 aromatic heterocycles. The molecule has 0 saturated carbocycles. The normalized spacial score (nSPS) is 15.5. The molecule has 0 bridgehead atoms. The Labute approximate surface area is 193 Å². The van der Waals surface area contributed by atoms with Crippen LogP contribution in [0.4, 0.5) is 11.5 Å². The van der Waals surface area contributed by atoms with Crippen LogP contribution in [0.1, 0.15) is 35.8 Å². The second-order valence-corrected chi connectivity index (χ2v) is 8.55. The van der Waals surface area contributed by atoms with Gasteiger partial charge in [0.15, 0.2) is 5.82 Å². The standard InChI is InChI=1S/C24H28N6O3/c1-16(2)30-15-25-27-23(30)19-5-4-6-22(26-19)29-8-7-17-13-20-21(14-18(17)24(29)31)33-12-10-28(20)9-11-32-3/h4-6,13-16H,7-12H2,1-3H3. The van der Waals surface area contributed by atoms with Crippen molar-refractivity contribution in [2.24, 2.45) is 0 Å². The van der Waals surface area contributed by atoms with Crippen molar-refractivity contribution in [3.63, 3.8) is 0 Å². The van der Waals surface area contributed by atoms with Gasteiger partial charge in [-0.05, 0) is 50.1 Å². The summed E-state index contributed by atoms with van der Waals surface area (Å²) in [5.41, 5.74) is 3.44. The molecule has 0 spiro atoms. The van der Waals surface area contributed by atoms with Crippen molar-refractivity contribution in [1.82, 2.24) is 19.7 Å². The molecule has 0 unspecified atom stereocenters. The fourth-order valence-electron chi connectivity index (χ4n) is 4.40. The molecule has 0 atom stereocenters. The van der Waals surface area contributed by atoms with E-state index < -0.39 is 0 Å². The molecule has 172 valence electrons. The minimum atomic E-state index is -0.0633. The summed E-state index contributed by atoms with van der Waals surface area (Å²) in [5.74, 6) is 1.99. The van der Waals surface area contributed by atoms with Crippen molar-refractivity contribution in [3.05, 3.63) is 47.8 Å². The monoisotopic (exact) mass is 448 g/mol. The molecule has 0 saturated heterocycles. The molecule has 9 nitrogen and oxygen atoms in total. The highest BCUT2D eigenvalue weighted by atomic mass is 16.5. The number of aromatic nitrogens is 4. The molecular weight excluding hydrogens is 420 g/mol. The maximum absolute atomic E-state index is 13.5. The first-order chi connectivity index (χ1) is 16.1. The zero-order valence-corrected chi connectivity index (χ0v) is 19.2. The van der Waals surface area contributed by atoms with Crippen LogP contribution in [-0.2, 0) is 11.2 Å². The van der Waals surface area contributed by atoms with Crippen molar-refractivity contribution >= 4 is 17.4 Å². The molecule has 0 N–H and O–H groups in total. The maximum atomic E-state index is 13.5. The van der Waals surface area contributed by atoms with Crippen molar-refractivity contribution in [2.75, 3.05) is 49.8 Å². The number of fused-ring (bicyclic) bond motifs is 2. The first kappa shape index (κ1) is 21.4. The number of carbonyl (C=O) groups is 1. The Balaban J connectivity index is 1.45. The minimum Gasteiger partial charge on any atom is -0.490 e. The van der Waals surface area contributed by atoms with Gasteiger partial charge in [-0.25, -0.2) is 4.98 Å². The first-order valence-corrected chi connectivity index (χ1v) is 11.3. The number of carbonyl (C=O) groups excluding carboxylic acids is 1. The van der Waals surface area contributed by atoms with Gasteiger partial charge in [0.1, 0.15) is 30.2 Å². The van der Waals surface area contributed by atoms with Gasteiger partial charge in [0.05, 0.1) is 18.8 Å². The van der Waals surface area contributed by atoms with Crippen LogP contribution in [0.3, 0.4) is 0 Å². The first-order valence-electron chi connectivity index (χ1n) is 11.3. The Morgan fingerprint density at radius 2 is 2.09 bits per heavy atom. The van der Waals surface area contributed by atoms with Gasteiger partial charge in [-0.3, -0.25) is 9.69 Å². The largest absolute Gasteiger partial charge is 0.490 e. The second-order valence-electron chi connectivity index (χ2n) is 8.55. The van der Waals surface area contributed by atoms with E-state index in [1.807, 2.05) is 28.8 Å². The van der Waals surface area contributed by atoms with E-state index in [0.29, 0.717) is 42.7 Å². The van der Waals surface area contributed by atoms with Gasteiger partial charge in [0.25, 0.3) is 5.91 Å². The van der Waals surface area contributed by atoms with Gasteiger partial charge in [0, 0.05) is 31.8 Å². The molecule has 5 rings (SSSR count). The van der Waals surface area contributed by atoms with E-state index in [-0.39, 0.29) is 11.9 Å². The lowest BCUT2D eigenvalue weighted by Crippen LogP contribution is -2.39. The van der Waals surface area contributed by atoms with E-state index in [1.54, 1.807) is 18.3 Å². The summed E-state index contributed by atoms with van der Waals surface area (Å²) in [6.07, 6.45) is 2.45. The third kappa shape index (κ3) is 3.93. The number of rotatable bonds is 6. The molecule has 3 aromatic rings. The third-order valence-electron chi connectivity index (χ3n) is 6.16. The zero-order valence-electron chi connectivity index (χ0n) is 19.2. The van der Waals surface area contributed by atoms with Crippen molar-refractivity contribution in [2.45, 2.75) is 26.3 Å². The van der Waals surface area contributed by atoms with Crippen LogP contribution >= 0.6 is 0 Å². The van der Waals surface area contributed by atoms with E-state index >= 15 is 0 Å². The molecule has 0 fully saturated rings. The van der Waals surface area contributed by atoms with Crippen molar-refractivity contribution in [3.8, 4) is 17.3 Å². The number of pyridine rings is 1. The highest BCUT2D eigenvalue weighted by Crippen LogP contribution is 2.37. The molecule has 2 aliphatic rings. The van der Waals surface area contributed by atoms with Gasteiger partial charge < -0.3 is 18.9 Å².